The van der Waals surface area contributed by atoms with E-state index in [-0.39, 0.29) is 27.6 Å². The first-order valence-electron chi connectivity index (χ1n) is 7.71. The number of anilines is 1. The Labute approximate surface area is 157 Å². The standard InChI is InChI=1S/C15H20F3N3O5S/c1-4-26-14(25)10-7(2)11(12(19)24)27-13(10)20-9(23)6-21(3)5-8(22)15(16,17)18/h8,22H,4-6H2,1-3H3,(H2,19,24)(H,20,23). The van der Waals surface area contributed by atoms with E-state index in [0.29, 0.717) is 0 Å². The van der Waals surface area contributed by atoms with E-state index in [2.05, 4.69) is 5.32 Å². The second-order valence-electron chi connectivity index (χ2n) is 5.65. The average Bonchev–Trinajstić information content (AvgIpc) is 2.82. The van der Waals surface area contributed by atoms with Gasteiger partial charge in [0.05, 0.1) is 23.6 Å². The first kappa shape index (κ1) is 22.9. The SMILES string of the molecule is CCOC(=O)c1c(NC(=O)CN(C)CC(O)C(F)(F)F)sc(C(N)=O)c1C. The molecule has 0 fully saturated rings. The number of amides is 2. The molecule has 27 heavy (non-hydrogen) atoms. The van der Waals surface area contributed by atoms with Gasteiger partial charge >= 0.3 is 12.1 Å². The zero-order chi connectivity index (χ0) is 20.9. The molecule has 0 saturated heterocycles. The Bertz CT molecular complexity index is 720. The third-order valence-electron chi connectivity index (χ3n) is 3.38. The molecule has 0 aliphatic heterocycles. The maximum Gasteiger partial charge on any atom is 0.415 e. The number of primary amides is 1. The predicted molar refractivity (Wildman–Crippen MR) is 91.7 cm³/mol. The normalized spacial score (nSPS) is 12.7. The van der Waals surface area contributed by atoms with Crippen LogP contribution in [0.4, 0.5) is 18.2 Å². The maximum absolute atomic E-state index is 12.4. The summed E-state index contributed by atoms with van der Waals surface area (Å²) < 4.78 is 42.0. The average molecular weight is 411 g/mol. The largest absolute Gasteiger partial charge is 0.462 e. The number of rotatable bonds is 8. The Morgan fingerprint density at radius 3 is 2.44 bits per heavy atom. The van der Waals surface area contributed by atoms with Crippen LogP contribution in [0, 0.1) is 6.92 Å². The molecule has 0 aliphatic rings. The molecule has 1 heterocycles. The van der Waals surface area contributed by atoms with Crippen LogP contribution < -0.4 is 11.1 Å². The summed E-state index contributed by atoms with van der Waals surface area (Å²) in [6, 6.07) is 0. The van der Waals surface area contributed by atoms with Crippen LogP contribution in [-0.4, -0.2) is 66.8 Å². The van der Waals surface area contributed by atoms with Crippen molar-refractivity contribution < 1.29 is 37.4 Å². The summed E-state index contributed by atoms with van der Waals surface area (Å²) in [7, 11) is 1.22. The van der Waals surface area contributed by atoms with E-state index in [0.717, 1.165) is 16.2 Å². The molecule has 0 bridgehead atoms. The summed E-state index contributed by atoms with van der Waals surface area (Å²) in [4.78, 5) is 36.7. The van der Waals surface area contributed by atoms with Gasteiger partial charge in [-0.2, -0.15) is 13.2 Å². The minimum atomic E-state index is -4.80. The number of thiophene rings is 1. The summed E-state index contributed by atoms with van der Waals surface area (Å²) in [6.07, 6.45) is -7.40. The molecular formula is C15H20F3N3O5S. The van der Waals surface area contributed by atoms with Crippen LogP contribution in [0.15, 0.2) is 0 Å². The van der Waals surface area contributed by atoms with Gasteiger partial charge in [0, 0.05) is 6.54 Å². The highest BCUT2D eigenvalue weighted by molar-refractivity contribution is 7.18. The van der Waals surface area contributed by atoms with Gasteiger partial charge in [-0.25, -0.2) is 4.79 Å². The van der Waals surface area contributed by atoms with Crippen molar-refractivity contribution in [1.29, 1.82) is 0 Å². The Morgan fingerprint density at radius 2 is 1.96 bits per heavy atom. The summed E-state index contributed by atoms with van der Waals surface area (Å²) in [5.41, 5.74) is 5.44. The van der Waals surface area contributed by atoms with Crippen molar-refractivity contribution in [3.8, 4) is 0 Å². The molecule has 1 rings (SSSR count). The van der Waals surface area contributed by atoms with Crippen molar-refractivity contribution in [3.63, 3.8) is 0 Å². The summed E-state index contributed by atoms with van der Waals surface area (Å²) in [6.45, 7) is 1.81. The van der Waals surface area contributed by atoms with Crippen LogP contribution in [0.3, 0.4) is 0 Å². The predicted octanol–water partition coefficient (Wildman–Crippen LogP) is 1.13. The molecule has 0 aromatic carbocycles. The van der Waals surface area contributed by atoms with Gasteiger partial charge in [-0.1, -0.05) is 0 Å². The van der Waals surface area contributed by atoms with Gasteiger partial charge in [0.15, 0.2) is 6.10 Å². The van der Waals surface area contributed by atoms with Gasteiger partial charge < -0.3 is 20.9 Å². The highest BCUT2D eigenvalue weighted by Gasteiger charge is 2.38. The topological polar surface area (TPSA) is 122 Å². The third-order valence-corrected chi connectivity index (χ3v) is 4.60. The van der Waals surface area contributed by atoms with Crippen molar-refractivity contribution >= 4 is 34.1 Å². The van der Waals surface area contributed by atoms with Crippen LogP contribution in [0.25, 0.3) is 0 Å². The fraction of sp³-hybridized carbons (Fsp3) is 0.533. The molecule has 4 N–H and O–H groups in total. The van der Waals surface area contributed by atoms with Gasteiger partial charge in [-0.05, 0) is 26.5 Å². The van der Waals surface area contributed by atoms with Gasteiger partial charge in [-0.3, -0.25) is 14.5 Å². The molecule has 0 spiro atoms. The van der Waals surface area contributed by atoms with E-state index in [1.165, 1.54) is 14.0 Å². The second-order valence-corrected chi connectivity index (χ2v) is 6.67. The molecule has 12 heteroatoms. The number of halogens is 3. The number of carbonyl (C=O) groups excluding carboxylic acids is 3. The number of hydrogen-bond acceptors (Lipinski definition) is 7. The van der Waals surface area contributed by atoms with E-state index in [4.69, 9.17) is 15.6 Å². The molecule has 1 atom stereocenters. The van der Waals surface area contributed by atoms with Gasteiger partial charge in [0.25, 0.3) is 5.91 Å². The number of likely N-dealkylation sites (N-methyl/N-ethyl adjacent to an activating group) is 1. The lowest BCUT2D eigenvalue weighted by molar-refractivity contribution is -0.207. The van der Waals surface area contributed by atoms with E-state index in [1.54, 1.807) is 6.92 Å². The van der Waals surface area contributed by atoms with Crippen LogP contribution in [0.5, 0.6) is 0 Å². The van der Waals surface area contributed by atoms with Crippen molar-refractivity contribution in [1.82, 2.24) is 4.90 Å². The Kier molecular flexibility index (Phi) is 7.75. The minimum Gasteiger partial charge on any atom is -0.462 e. The molecule has 1 aromatic heterocycles. The smallest absolute Gasteiger partial charge is 0.415 e. The Hall–Kier alpha value is -2.18. The zero-order valence-corrected chi connectivity index (χ0v) is 15.7. The van der Waals surface area contributed by atoms with Gasteiger partial charge in [-0.15, -0.1) is 11.3 Å². The van der Waals surface area contributed by atoms with E-state index in [1.807, 2.05) is 0 Å². The van der Waals surface area contributed by atoms with Crippen molar-refractivity contribution in [2.24, 2.45) is 5.73 Å². The Balaban J connectivity index is 2.94. The molecule has 1 aromatic rings. The molecule has 8 nitrogen and oxygen atoms in total. The number of nitrogens with one attached hydrogen (secondary N) is 1. The van der Waals surface area contributed by atoms with Crippen molar-refractivity contribution in [2.75, 3.05) is 32.1 Å². The third kappa shape index (κ3) is 6.19. The minimum absolute atomic E-state index is 0.00881. The highest BCUT2D eigenvalue weighted by atomic mass is 32.1. The summed E-state index contributed by atoms with van der Waals surface area (Å²) >= 11 is 0.767. The van der Waals surface area contributed by atoms with Crippen LogP contribution in [0.1, 0.15) is 32.5 Å². The molecule has 0 aliphatic carbocycles. The molecule has 0 saturated carbocycles. The van der Waals surface area contributed by atoms with Gasteiger partial charge in [0.2, 0.25) is 5.91 Å². The number of carbonyl (C=O) groups is 3. The monoisotopic (exact) mass is 411 g/mol. The molecule has 0 radical (unpaired) electrons. The first-order chi connectivity index (χ1) is 12.4. The lowest BCUT2D eigenvalue weighted by Gasteiger charge is -2.21. The first-order valence-corrected chi connectivity index (χ1v) is 8.53. The number of alkyl halides is 3. The van der Waals surface area contributed by atoms with Crippen LogP contribution in [0.2, 0.25) is 0 Å². The highest BCUT2D eigenvalue weighted by Crippen LogP contribution is 2.33. The van der Waals surface area contributed by atoms with Crippen LogP contribution in [-0.2, 0) is 9.53 Å². The quantitative estimate of drug-likeness (QED) is 0.551. The fourth-order valence-electron chi connectivity index (χ4n) is 2.16. The molecule has 1 unspecified atom stereocenters. The Morgan fingerprint density at radius 1 is 1.37 bits per heavy atom. The number of hydrogen-bond donors (Lipinski definition) is 3. The number of aliphatic hydroxyl groups is 1. The number of nitrogens with zero attached hydrogens (tertiary/aromatic N) is 1. The van der Waals surface area contributed by atoms with E-state index < -0.39 is 43.2 Å². The molecule has 2 amide bonds. The number of ether oxygens (including phenoxy) is 1. The summed E-state index contributed by atoms with van der Waals surface area (Å²) in [5, 5.41) is 11.4. The van der Waals surface area contributed by atoms with Crippen LogP contribution >= 0.6 is 11.3 Å². The maximum atomic E-state index is 12.4. The van der Waals surface area contributed by atoms with Crippen molar-refractivity contribution in [3.05, 3.63) is 16.0 Å². The zero-order valence-electron chi connectivity index (χ0n) is 14.8. The number of nitrogens with two attached hydrogens (primary N) is 1. The fourth-order valence-corrected chi connectivity index (χ4v) is 3.22. The lowest BCUT2D eigenvalue weighted by Crippen LogP contribution is -2.42. The number of esters is 1. The van der Waals surface area contributed by atoms with E-state index in [9.17, 15) is 27.6 Å². The molecule has 152 valence electrons. The van der Waals surface area contributed by atoms with Gasteiger partial charge in [0.1, 0.15) is 5.00 Å². The second kappa shape index (κ2) is 9.15. The van der Waals surface area contributed by atoms with Crippen molar-refractivity contribution in [2.45, 2.75) is 26.1 Å². The number of aliphatic hydroxyl groups excluding tert-OH is 1. The lowest BCUT2D eigenvalue weighted by atomic mass is 10.1. The summed E-state index contributed by atoms with van der Waals surface area (Å²) in [5.74, 6) is -2.31. The van der Waals surface area contributed by atoms with E-state index >= 15 is 0 Å². The molecular weight excluding hydrogens is 391 g/mol.